The minimum atomic E-state index is -0.0614. The smallest absolute Gasteiger partial charge is 0.234 e. The average Bonchev–Trinajstić information content (AvgIpc) is 3.10. The fraction of sp³-hybridized carbons (Fsp3) is 0.261. The number of para-hydroxylation sites is 1. The van der Waals surface area contributed by atoms with E-state index in [-0.39, 0.29) is 11.7 Å². The molecule has 6 heteroatoms. The van der Waals surface area contributed by atoms with Crippen LogP contribution in [0.25, 0.3) is 11.4 Å². The van der Waals surface area contributed by atoms with Gasteiger partial charge in [0.05, 0.1) is 5.75 Å². The van der Waals surface area contributed by atoms with Gasteiger partial charge in [-0.15, -0.1) is 16.8 Å². The Balaban J connectivity index is 1.75. The number of amides is 1. The highest BCUT2D eigenvalue weighted by molar-refractivity contribution is 7.99. The highest BCUT2D eigenvalue weighted by Gasteiger charge is 2.16. The predicted molar refractivity (Wildman–Crippen MR) is 120 cm³/mol. The molecule has 1 N–H and O–H groups in total. The van der Waals surface area contributed by atoms with Crippen LogP contribution in [-0.4, -0.2) is 26.4 Å². The third-order valence-corrected chi connectivity index (χ3v) is 5.57. The lowest BCUT2D eigenvalue weighted by atomic mass is 10.0. The number of nitrogens with zero attached hydrogens (tertiary/aromatic N) is 3. The maximum atomic E-state index is 12.6. The summed E-state index contributed by atoms with van der Waals surface area (Å²) in [5, 5.41) is 12.4. The van der Waals surface area contributed by atoms with E-state index in [1.807, 2.05) is 53.1 Å². The Morgan fingerprint density at radius 2 is 1.90 bits per heavy atom. The van der Waals surface area contributed by atoms with Gasteiger partial charge in [0, 0.05) is 17.8 Å². The summed E-state index contributed by atoms with van der Waals surface area (Å²) >= 11 is 1.38. The Hall–Kier alpha value is -2.86. The number of benzene rings is 2. The van der Waals surface area contributed by atoms with Gasteiger partial charge in [-0.25, -0.2) is 0 Å². The van der Waals surface area contributed by atoms with Crippen LogP contribution in [0, 0.1) is 6.92 Å². The van der Waals surface area contributed by atoms with Crippen molar-refractivity contribution in [1.82, 2.24) is 14.8 Å². The molecular weight excluding hydrogens is 380 g/mol. The van der Waals surface area contributed by atoms with Crippen molar-refractivity contribution in [3.8, 4) is 11.4 Å². The van der Waals surface area contributed by atoms with Crippen LogP contribution in [0.5, 0.6) is 0 Å². The van der Waals surface area contributed by atoms with Crippen LogP contribution in [0.1, 0.15) is 30.9 Å². The fourth-order valence-electron chi connectivity index (χ4n) is 3.14. The molecule has 29 heavy (non-hydrogen) atoms. The van der Waals surface area contributed by atoms with Crippen LogP contribution in [-0.2, 0) is 11.3 Å². The molecule has 1 aromatic heterocycles. The van der Waals surface area contributed by atoms with E-state index in [9.17, 15) is 4.79 Å². The number of allylic oxidation sites excluding steroid dienone is 1. The van der Waals surface area contributed by atoms with Gasteiger partial charge in [-0.2, -0.15) is 0 Å². The summed E-state index contributed by atoms with van der Waals surface area (Å²) < 4.78 is 2.00. The molecule has 0 fully saturated rings. The van der Waals surface area contributed by atoms with E-state index in [1.54, 1.807) is 0 Å². The first kappa shape index (κ1) is 20.9. The van der Waals surface area contributed by atoms with E-state index in [0.717, 1.165) is 28.2 Å². The van der Waals surface area contributed by atoms with Crippen molar-refractivity contribution in [2.75, 3.05) is 11.1 Å². The number of hydrogen-bond donors (Lipinski definition) is 1. The van der Waals surface area contributed by atoms with Crippen molar-refractivity contribution in [1.29, 1.82) is 0 Å². The molecule has 1 amide bonds. The average molecular weight is 407 g/mol. The number of nitrogens with one attached hydrogen (secondary N) is 1. The van der Waals surface area contributed by atoms with Crippen LogP contribution in [0.15, 0.2) is 66.3 Å². The predicted octanol–water partition coefficient (Wildman–Crippen LogP) is 5.29. The second-order valence-corrected chi connectivity index (χ2v) is 8.04. The zero-order valence-corrected chi connectivity index (χ0v) is 17.9. The number of thioether (sulfide) groups is 1. The molecule has 0 atom stereocenters. The van der Waals surface area contributed by atoms with Gasteiger partial charge in [0.2, 0.25) is 5.91 Å². The molecule has 0 saturated carbocycles. The van der Waals surface area contributed by atoms with E-state index in [0.29, 0.717) is 17.6 Å². The summed E-state index contributed by atoms with van der Waals surface area (Å²) in [6.45, 7) is 10.7. The molecule has 2 aromatic carbocycles. The number of carbonyl (C=O) groups excluding carboxylic acids is 1. The molecular formula is C23H26N4OS. The van der Waals surface area contributed by atoms with E-state index in [2.05, 4.69) is 48.9 Å². The van der Waals surface area contributed by atoms with Crippen molar-refractivity contribution >= 4 is 23.4 Å². The summed E-state index contributed by atoms with van der Waals surface area (Å²) in [5.74, 6) is 1.33. The summed E-state index contributed by atoms with van der Waals surface area (Å²) in [5.41, 5.74) is 4.15. The van der Waals surface area contributed by atoms with Crippen molar-refractivity contribution < 1.29 is 4.79 Å². The largest absolute Gasteiger partial charge is 0.325 e. The Kier molecular flexibility index (Phi) is 6.88. The maximum absolute atomic E-state index is 12.6. The van der Waals surface area contributed by atoms with E-state index in [4.69, 9.17) is 0 Å². The van der Waals surface area contributed by atoms with Gasteiger partial charge in [0.25, 0.3) is 0 Å². The number of carbonyl (C=O) groups is 1. The van der Waals surface area contributed by atoms with Gasteiger partial charge >= 0.3 is 0 Å². The van der Waals surface area contributed by atoms with Gasteiger partial charge in [-0.1, -0.05) is 74.1 Å². The zero-order chi connectivity index (χ0) is 20.8. The first-order valence-corrected chi connectivity index (χ1v) is 10.6. The second kappa shape index (κ2) is 9.56. The molecule has 0 aliphatic rings. The maximum Gasteiger partial charge on any atom is 0.234 e. The molecule has 0 spiro atoms. The van der Waals surface area contributed by atoms with Crippen LogP contribution < -0.4 is 5.32 Å². The summed E-state index contributed by atoms with van der Waals surface area (Å²) in [6, 6.07) is 16.0. The highest BCUT2D eigenvalue weighted by Crippen LogP contribution is 2.27. The molecule has 0 aliphatic heterocycles. The van der Waals surface area contributed by atoms with Gasteiger partial charge < -0.3 is 5.32 Å². The second-order valence-electron chi connectivity index (χ2n) is 7.10. The Bertz CT molecular complexity index is 1010. The van der Waals surface area contributed by atoms with E-state index < -0.39 is 0 Å². The third kappa shape index (κ3) is 4.95. The lowest BCUT2D eigenvalue weighted by molar-refractivity contribution is -0.113. The molecule has 1 heterocycles. The first-order valence-electron chi connectivity index (χ1n) is 9.63. The lowest BCUT2D eigenvalue weighted by Gasteiger charge is -2.13. The molecule has 0 unspecified atom stereocenters. The number of aromatic nitrogens is 3. The van der Waals surface area contributed by atoms with Crippen molar-refractivity contribution in [2.45, 2.75) is 38.4 Å². The molecule has 0 saturated heterocycles. The fourth-order valence-corrected chi connectivity index (χ4v) is 3.89. The molecule has 150 valence electrons. The minimum absolute atomic E-state index is 0.0614. The van der Waals surface area contributed by atoms with Crippen LogP contribution in [0.3, 0.4) is 0 Å². The topological polar surface area (TPSA) is 59.8 Å². The van der Waals surface area contributed by atoms with Gasteiger partial charge in [0.1, 0.15) is 0 Å². The quantitative estimate of drug-likeness (QED) is 0.408. The van der Waals surface area contributed by atoms with Gasteiger partial charge in [-0.05, 0) is 30.0 Å². The first-order chi connectivity index (χ1) is 14.0. The molecule has 0 radical (unpaired) electrons. The number of rotatable bonds is 8. The molecule has 3 rings (SSSR count). The van der Waals surface area contributed by atoms with Gasteiger partial charge in [-0.3, -0.25) is 9.36 Å². The van der Waals surface area contributed by atoms with Gasteiger partial charge in [0.15, 0.2) is 11.0 Å². The third-order valence-electron chi connectivity index (χ3n) is 4.60. The van der Waals surface area contributed by atoms with E-state index >= 15 is 0 Å². The van der Waals surface area contributed by atoms with Crippen molar-refractivity contribution in [3.63, 3.8) is 0 Å². The summed E-state index contributed by atoms with van der Waals surface area (Å²) in [7, 11) is 0. The Morgan fingerprint density at radius 3 is 2.62 bits per heavy atom. The SMILES string of the molecule is C=CCn1c(SCC(=O)Nc2ccccc2C(C)C)nnc1-c1ccccc1C. The monoisotopic (exact) mass is 406 g/mol. The van der Waals surface area contributed by atoms with Crippen LogP contribution in [0.2, 0.25) is 0 Å². The lowest BCUT2D eigenvalue weighted by Crippen LogP contribution is -2.16. The Labute approximate surface area is 176 Å². The van der Waals surface area contributed by atoms with Crippen LogP contribution >= 0.6 is 11.8 Å². The van der Waals surface area contributed by atoms with Crippen molar-refractivity contribution in [2.24, 2.45) is 0 Å². The number of aryl methyl sites for hydroxylation is 1. The summed E-state index contributed by atoms with van der Waals surface area (Å²) in [4.78, 5) is 12.6. The van der Waals surface area contributed by atoms with Crippen molar-refractivity contribution in [3.05, 3.63) is 72.3 Å². The Morgan fingerprint density at radius 1 is 1.17 bits per heavy atom. The molecule has 5 nitrogen and oxygen atoms in total. The molecule has 0 bridgehead atoms. The highest BCUT2D eigenvalue weighted by atomic mass is 32.2. The molecule has 3 aromatic rings. The minimum Gasteiger partial charge on any atom is -0.325 e. The number of hydrogen-bond acceptors (Lipinski definition) is 4. The molecule has 0 aliphatic carbocycles. The zero-order valence-electron chi connectivity index (χ0n) is 17.1. The number of anilines is 1. The van der Waals surface area contributed by atoms with Crippen LogP contribution in [0.4, 0.5) is 5.69 Å². The normalized spacial score (nSPS) is 10.9. The standard InChI is InChI=1S/C23H26N4OS/c1-5-14-27-22(19-12-7-6-10-17(19)4)25-26-23(27)29-15-21(28)24-20-13-9-8-11-18(20)16(2)3/h5-13,16H,1,14-15H2,2-4H3,(H,24,28). The summed E-state index contributed by atoms with van der Waals surface area (Å²) in [6.07, 6.45) is 1.81. The van der Waals surface area contributed by atoms with E-state index in [1.165, 1.54) is 11.8 Å².